The van der Waals surface area contributed by atoms with E-state index in [4.69, 9.17) is 4.74 Å². The summed E-state index contributed by atoms with van der Waals surface area (Å²) >= 11 is 0. The summed E-state index contributed by atoms with van der Waals surface area (Å²) in [4.78, 5) is 35.4. The van der Waals surface area contributed by atoms with Gasteiger partial charge in [0.05, 0.1) is 12.0 Å². The lowest BCUT2D eigenvalue weighted by Gasteiger charge is -2.18. The summed E-state index contributed by atoms with van der Waals surface area (Å²) < 4.78 is 5.27. The van der Waals surface area contributed by atoms with E-state index in [1.807, 2.05) is 30.3 Å². The average Bonchev–Trinajstić information content (AvgIpc) is 2.97. The molecule has 0 bridgehead atoms. The number of hydrogen-bond donors (Lipinski definition) is 1. The van der Waals surface area contributed by atoms with E-state index in [2.05, 4.69) is 10.4 Å². The highest BCUT2D eigenvalue weighted by Gasteiger charge is 2.39. The second-order valence-electron chi connectivity index (χ2n) is 4.91. The third kappa shape index (κ3) is 2.48. The quantitative estimate of drug-likeness (QED) is 0.831. The minimum Gasteiger partial charge on any atom is -0.414 e. The predicted octanol–water partition coefficient (Wildman–Crippen LogP) is 0.679. The zero-order valence-electron chi connectivity index (χ0n) is 11.8. The summed E-state index contributed by atoms with van der Waals surface area (Å²) in [5, 5.41) is 7.46. The van der Waals surface area contributed by atoms with Gasteiger partial charge in [0.25, 0.3) is 5.91 Å². The Morgan fingerprint density at radius 1 is 1.32 bits per heavy atom. The van der Waals surface area contributed by atoms with Crippen molar-refractivity contribution in [1.29, 1.82) is 0 Å². The minimum atomic E-state index is -0.543. The normalized spacial score (nSPS) is 17.1. The van der Waals surface area contributed by atoms with Crippen molar-refractivity contribution in [3.05, 3.63) is 47.4 Å². The average molecular weight is 299 g/mol. The third-order valence-corrected chi connectivity index (χ3v) is 3.35. The maximum absolute atomic E-state index is 12.0. The number of hydrazone groups is 1. The Morgan fingerprint density at radius 2 is 2.05 bits per heavy atom. The van der Waals surface area contributed by atoms with Crippen molar-refractivity contribution >= 4 is 23.5 Å². The van der Waals surface area contributed by atoms with Crippen LogP contribution < -0.4 is 5.32 Å². The minimum absolute atomic E-state index is 0.0195. The number of rotatable bonds is 3. The number of nitrogens with one attached hydrogen (secondary N) is 1. The molecule has 0 atom stereocenters. The summed E-state index contributed by atoms with van der Waals surface area (Å²) in [5.41, 5.74) is 1.21. The molecule has 7 nitrogen and oxygen atoms in total. The van der Waals surface area contributed by atoms with Crippen molar-refractivity contribution in [2.45, 2.75) is 19.9 Å². The van der Waals surface area contributed by atoms with Gasteiger partial charge < -0.3 is 10.1 Å². The van der Waals surface area contributed by atoms with Gasteiger partial charge in [-0.3, -0.25) is 14.4 Å². The third-order valence-electron chi connectivity index (χ3n) is 3.35. The Kier molecular flexibility index (Phi) is 3.46. The van der Waals surface area contributed by atoms with E-state index in [1.165, 1.54) is 6.92 Å². The Labute approximate surface area is 126 Å². The number of ether oxygens (including phenoxy) is 1. The van der Waals surface area contributed by atoms with Gasteiger partial charge in [0.1, 0.15) is 0 Å². The molecule has 0 spiro atoms. The van der Waals surface area contributed by atoms with E-state index in [0.29, 0.717) is 6.54 Å². The fourth-order valence-electron chi connectivity index (χ4n) is 2.11. The van der Waals surface area contributed by atoms with E-state index in [1.54, 1.807) is 0 Å². The summed E-state index contributed by atoms with van der Waals surface area (Å²) in [6, 6.07) is 9.35. The van der Waals surface area contributed by atoms with Crippen LogP contribution in [0.4, 0.5) is 0 Å². The molecule has 2 amide bonds. The van der Waals surface area contributed by atoms with Gasteiger partial charge in [-0.15, -0.1) is 5.10 Å². The van der Waals surface area contributed by atoms with Gasteiger partial charge in [-0.1, -0.05) is 30.3 Å². The lowest BCUT2D eigenvalue weighted by molar-refractivity contribution is -0.135. The molecule has 7 heteroatoms. The molecule has 1 N–H and O–H groups in total. The molecular formula is C15H13N3O4. The van der Waals surface area contributed by atoms with Gasteiger partial charge in [-0.2, -0.15) is 5.01 Å². The van der Waals surface area contributed by atoms with Gasteiger partial charge >= 0.3 is 11.8 Å². The standard InChI is InChI=1S/C15H13N3O4/c1-9-11(19)7-12(20)18-15(9)22-14(17-18)13(21)16-8-10-5-3-2-4-6-10/h2-6H,7-8H2,1H3,(H,16,21). The smallest absolute Gasteiger partial charge is 0.309 e. The topological polar surface area (TPSA) is 88.1 Å². The molecule has 1 aromatic rings. The van der Waals surface area contributed by atoms with Crippen LogP contribution in [0.2, 0.25) is 0 Å². The monoisotopic (exact) mass is 299 g/mol. The summed E-state index contributed by atoms with van der Waals surface area (Å²) in [6.07, 6.45) is -0.263. The molecule has 112 valence electrons. The van der Waals surface area contributed by atoms with Crippen molar-refractivity contribution in [2.24, 2.45) is 5.10 Å². The number of benzene rings is 1. The first-order valence-electron chi connectivity index (χ1n) is 6.72. The van der Waals surface area contributed by atoms with Gasteiger partial charge in [0.15, 0.2) is 5.78 Å². The van der Waals surface area contributed by atoms with E-state index in [-0.39, 0.29) is 29.6 Å². The number of Topliss-reactive ketones (excluding diaryl/α,β-unsaturated/α-hetero) is 1. The van der Waals surface area contributed by atoms with Crippen LogP contribution in [0.3, 0.4) is 0 Å². The fraction of sp³-hybridized carbons (Fsp3) is 0.200. The molecule has 0 fully saturated rings. The first-order chi connectivity index (χ1) is 10.6. The number of carbonyl (C=O) groups is 3. The number of fused-ring (bicyclic) bond motifs is 1. The zero-order chi connectivity index (χ0) is 15.7. The van der Waals surface area contributed by atoms with Gasteiger partial charge in [0.2, 0.25) is 5.88 Å². The first-order valence-corrected chi connectivity index (χ1v) is 6.72. The summed E-state index contributed by atoms with van der Waals surface area (Å²) in [7, 11) is 0. The Morgan fingerprint density at radius 3 is 2.77 bits per heavy atom. The fourth-order valence-corrected chi connectivity index (χ4v) is 2.11. The van der Waals surface area contributed by atoms with Gasteiger partial charge in [0, 0.05) is 6.54 Å². The second-order valence-corrected chi connectivity index (χ2v) is 4.91. The van der Waals surface area contributed by atoms with E-state index in [9.17, 15) is 14.4 Å². The molecule has 1 aromatic carbocycles. The maximum atomic E-state index is 12.0. The Hall–Kier alpha value is -2.96. The van der Waals surface area contributed by atoms with Crippen molar-refractivity contribution in [3.8, 4) is 0 Å². The van der Waals surface area contributed by atoms with Crippen LogP contribution in [-0.2, 0) is 25.7 Å². The highest BCUT2D eigenvalue weighted by molar-refractivity contribution is 6.36. The van der Waals surface area contributed by atoms with Gasteiger partial charge in [-0.25, -0.2) is 0 Å². The number of hydrogen-bond acceptors (Lipinski definition) is 5. The molecular weight excluding hydrogens is 286 g/mol. The molecule has 22 heavy (non-hydrogen) atoms. The van der Waals surface area contributed by atoms with Crippen LogP contribution >= 0.6 is 0 Å². The number of carbonyl (C=O) groups excluding carboxylic acids is 3. The largest absolute Gasteiger partial charge is 0.414 e. The molecule has 0 radical (unpaired) electrons. The molecule has 0 aromatic heterocycles. The number of nitrogens with zero attached hydrogens (tertiary/aromatic N) is 2. The Bertz CT molecular complexity index is 722. The van der Waals surface area contributed by atoms with Crippen LogP contribution in [-0.4, -0.2) is 28.5 Å². The SMILES string of the molecule is CC1=C2OC(C(=O)NCc3ccccc3)=NN2C(=O)CC1=O. The molecule has 0 unspecified atom stereocenters. The number of ketones is 1. The van der Waals surface area contributed by atoms with Crippen molar-refractivity contribution < 1.29 is 19.1 Å². The van der Waals surface area contributed by atoms with Crippen LogP contribution in [0.1, 0.15) is 18.9 Å². The second kappa shape index (κ2) is 5.44. The predicted molar refractivity (Wildman–Crippen MR) is 76.0 cm³/mol. The van der Waals surface area contributed by atoms with E-state index >= 15 is 0 Å². The van der Waals surface area contributed by atoms with Crippen molar-refractivity contribution in [2.75, 3.05) is 0 Å². The van der Waals surface area contributed by atoms with Crippen LogP contribution in [0.5, 0.6) is 0 Å². The first kappa shape index (κ1) is 14.0. The van der Waals surface area contributed by atoms with Gasteiger partial charge in [-0.05, 0) is 12.5 Å². The van der Waals surface area contributed by atoms with E-state index < -0.39 is 11.8 Å². The summed E-state index contributed by atoms with van der Waals surface area (Å²) in [5.74, 6) is -1.59. The Balaban J connectivity index is 1.71. The summed E-state index contributed by atoms with van der Waals surface area (Å²) in [6.45, 7) is 1.85. The molecule has 3 rings (SSSR count). The molecule has 0 saturated heterocycles. The van der Waals surface area contributed by atoms with Crippen LogP contribution in [0, 0.1) is 0 Å². The lowest BCUT2D eigenvalue weighted by Crippen LogP contribution is -2.32. The highest BCUT2D eigenvalue weighted by Crippen LogP contribution is 2.26. The number of amides is 2. The number of allylic oxidation sites excluding steroid dienone is 1. The van der Waals surface area contributed by atoms with E-state index in [0.717, 1.165) is 10.6 Å². The zero-order valence-corrected chi connectivity index (χ0v) is 11.8. The molecule has 0 saturated carbocycles. The highest BCUT2D eigenvalue weighted by atomic mass is 16.5. The maximum Gasteiger partial charge on any atom is 0.309 e. The lowest BCUT2D eigenvalue weighted by atomic mass is 10.1. The molecule has 0 aliphatic carbocycles. The van der Waals surface area contributed by atoms with Crippen LogP contribution in [0.15, 0.2) is 46.9 Å². The molecule has 2 heterocycles. The molecule has 2 aliphatic rings. The molecule has 2 aliphatic heterocycles. The van der Waals surface area contributed by atoms with Crippen molar-refractivity contribution in [3.63, 3.8) is 0 Å². The van der Waals surface area contributed by atoms with Crippen LogP contribution in [0.25, 0.3) is 0 Å². The van der Waals surface area contributed by atoms with Crippen molar-refractivity contribution in [1.82, 2.24) is 10.3 Å².